The number of amides is 1. The monoisotopic (exact) mass is 291 g/mol. The van der Waals surface area contributed by atoms with Gasteiger partial charge in [-0.15, -0.1) is 0 Å². The Balaban J connectivity index is 1.72. The van der Waals surface area contributed by atoms with Gasteiger partial charge in [-0.3, -0.25) is 14.3 Å². The van der Waals surface area contributed by atoms with E-state index in [1.54, 1.807) is 0 Å². The Bertz CT molecular complexity index is 567. The van der Waals surface area contributed by atoms with Crippen LogP contribution in [0.25, 0.3) is 0 Å². The lowest BCUT2D eigenvalue weighted by molar-refractivity contribution is -0.146. The third kappa shape index (κ3) is 2.54. The van der Waals surface area contributed by atoms with Crippen LogP contribution in [-0.2, 0) is 23.1 Å². The molecule has 1 heterocycles. The van der Waals surface area contributed by atoms with E-state index in [0.29, 0.717) is 12.8 Å². The highest BCUT2D eigenvalue weighted by Gasteiger charge is 2.38. The van der Waals surface area contributed by atoms with Crippen molar-refractivity contribution in [2.75, 3.05) is 0 Å². The molecule has 3 atom stereocenters. The molecule has 2 aliphatic rings. The van der Waals surface area contributed by atoms with Crippen molar-refractivity contribution in [1.82, 2.24) is 15.1 Å². The van der Waals surface area contributed by atoms with E-state index in [0.717, 1.165) is 31.2 Å². The quantitative estimate of drug-likeness (QED) is 0.882. The maximum atomic E-state index is 12.4. The summed E-state index contributed by atoms with van der Waals surface area (Å²) in [6, 6.07) is -0.0232. The molecule has 6 nitrogen and oxygen atoms in total. The molecule has 1 saturated carbocycles. The number of hydrogen-bond donors (Lipinski definition) is 2. The largest absolute Gasteiger partial charge is 0.481 e. The zero-order chi connectivity index (χ0) is 15.0. The number of carbonyl (C=O) groups excluding carboxylic acids is 1. The van der Waals surface area contributed by atoms with Crippen molar-refractivity contribution in [3.05, 3.63) is 17.5 Å². The number of aliphatic carboxylic acids is 1. The van der Waals surface area contributed by atoms with Crippen LogP contribution in [0.2, 0.25) is 0 Å². The topological polar surface area (TPSA) is 84.2 Å². The van der Waals surface area contributed by atoms with Crippen LogP contribution >= 0.6 is 0 Å². The zero-order valence-corrected chi connectivity index (χ0v) is 12.2. The van der Waals surface area contributed by atoms with E-state index in [2.05, 4.69) is 10.4 Å². The SMILES string of the molecule is Cn1ncc2c1CCCC2NC(=O)C1CCCC1C(=O)O. The molecule has 6 heteroatoms. The number of carbonyl (C=O) groups is 2. The van der Waals surface area contributed by atoms with E-state index in [9.17, 15) is 14.7 Å². The molecule has 2 N–H and O–H groups in total. The van der Waals surface area contributed by atoms with Crippen molar-refractivity contribution >= 4 is 11.9 Å². The Kier molecular flexibility index (Phi) is 3.69. The normalized spacial score (nSPS) is 28.1. The molecule has 114 valence electrons. The summed E-state index contributed by atoms with van der Waals surface area (Å²) in [4.78, 5) is 23.7. The third-order valence-corrected chi connectivity index (χ3v) is 4.86. The van der Waals surface area contributed by atoms with Crippen LogP contribution in [0.15, 0.2) is 6.20 Å². The summed E-state index contributed by atoms with van der Waals surface area (Å²) >= 11 is 0. The Morgan fingerprint density at radius 1 is 1.29 bits per heavy atom. The predicted molar refractivity (Wildman–Crippen MR) is 75.5 cm³/mol. The molecular weight excluding hydrogens is 270 g/mol. The van der Waals surface area contributed by atoms with Crippen LogP contribution in [0.3, 0.4) is 0 Å². The Morgan fingerprint density at radius 3 is 2.81 bits per heavy atom. The molecule has 1 aromatic heterocycles. The van der Waals surface area contributed by atoms with Gasteiger partial charge in [-0.25, -0.2) is 0 Å². The Hall–Kier alpha value is -1.85. The molecule has 1 amide bonds. The predicted octanol–water partition coefficient (Wildman–Crippen LogP) is 1.41. The molecular formula is C15H21N3O3. The van der Waals surface area contributed by atoms with E-state index < -0.39 is 11.9 Å². The van der Waals surface area contributed by atoms with Gasteiger partial charge >= 0.3 is 5.97 Å². The van der Waals surface area contributed by atoms with E-state index in [1.165, 1.54) is 5.69 Å². The first-order chi connectivity index (χ1) is 10.1. The second-order valence-electron chi connectivity index (χ2n) is 6.11. The number of hydrogen-bond acceptors (Lipinski definition) is 3. The van der Waals surface area contributed by atoms with Crippen LogP contribution < -0.4 is 5.32 Å². The first-order valence-electron chi connectivity index (χ1n) is 7.62. The molecule has 1 fully saturated rings. The standard InChI is InChI=1S/C15H21N3O3/c1-18-13-7-3-6-12(11(13)8-16-18)17-14(19)9-4-2-5-10(9)15(20)21/h8-10,12H,2-7H2,1H3,(H,17,19)(H,20,21). The second kappa shape index (κ2) is 5.50. The molecule has 21 heavy (non-hydrogen) atoms. The van der Waals surface area contributed by atoms with Crippen LogP contribution in [0.4, 0.5) is 0 Å². The number of aryl methyl sites for hydroxylation is 1. The van der Waals surface area contributed by atoms with Gasteiger partial charge in [0.25, 0.3) is 0 Å². The number of aromatic nitrogens is 2. The van der Waals surface area contributed by atoms with Gasteiger partial charge in [-0.05, 0) is 32.1 Å². The van der Waals surface area contributed by atoms with E-state index in [1.807, 2.05) is 17.9 Å². The fourth-order valence-corrected chi connectivity index (χ4v) is 3.70. The molecule has 2 aliphatic carbocycles. The number of fused-ring (bicyclic) bond motifs is 1. The summed E-state index contributed by atoms with van der Waals surface area (Å²) in [5, 5.41) is 16.5. The summed E-state index contributed by atoms with van der Waals surface area (Å²) in [5.41, 5.74) is 2.26. The van der Waals surface area contributed by atoms with Crippen molar-refractivity contribution in [1.29, 1.82) is 0 Å². The van der Waals surface area contributed by atoms with Gasteiger partial charge in [-0.1, -0.05) is 6.42 Å². The van der Waals surface area contributed by atoms with Crippen molar-refractivity contribution in [3.63, 3.8) is 0 Å². The minimum atomic E-state index is -0.849. The van der Waals surface area contributed by atoms with Gasteiger partial charge in [0.05, 0.1) is 24.1 Å². The number of carboxylic acid groups (broad SMARTS) is 1. The van der Waals surface area contributed by atoms with Gasteiger partial charge in [0.2, 0.25) is 5.91 Å². The number of nitrogens with one attached hydrogen (secondary N) is 1. The second-order valence-corrected chi connectivity index (χ2v) is 6.11. The molecule has 0 spiro atoms. The molecule has 0 saturated heterocycles. The highest BCUT2D eigenvalue weighted by molar-refractivity contribution is 5.85. The Labute approximate surface area is 123 Å². The van der Waals surface area contributed by atoms with Gasteiger partial charge in [0, 0.05) is 18.3 Å². The highest BCUT2D eigenvalue weighted by Crippen LogP contribution is 2.34. The average molecular weight is 291 g/mol. The van der Waals surface area contributed by atoms with Crippen molar-refractivity contribution in [2.45, 2.75) is 44.6 Å². The summed E-state index contributed by atoms with van der Waals surface area (Å²) in [6.07, 6.45) is 6.82. The highest BCUT2D eigenvalue weighted by atomic mass is 16.4. The molecule has 0 aliphatic heterocycles. The van der Waals surface area contributed by atoms with Crippen molar-refractivity contribution in [3.8, 4) is 0 Å². The van der Waals surface area contributed by atoms with Gasteiger partial charge in [-0.2, -0.15) is 5.10 Å². The van der Waals surface area contributed by atoms with Crippen LogP contribution in [0.1, 0.15) is 49.4 Å². The lowest BCUT2D eigenvalue weighted by Gasteiger charge is -2.26. The van der Waals surface area contributed by atoms with Gasteiger partial charge in [0.15, 0.2) is 0 Å². The van der Waals surface area contributed by atoms with Crippen LogP contribution in [-0.4, -0.2) is 26.8 Å². The first kappa shape index (κ1) is 14.1. The average Bonchev–Trinajstić information content (AvgIpc) is 3.07. The molecule has 3 rings (SSSR count). The van der Waals surface area contributed by atoms with Crippen LogP contribution in [0.5, 0.6) is 0 Å². The molecule has 0 aromatic carbocycles. The zero-order valence-electron chi connectivity index (χ0n) is 12.2. The minimum Gasteiger partial charge on any atom is -0.481 e. The number of nitrogens with zero attached hydrogens (tertiary/aromatic N) is 2. The molecule has 3 unspecified atom stereocenters. The summed E-state index contributed by atoms with van der Waals surface area (Å²) in [7, 11) is 1.92. The van der Waals surface area contributed by atoms with Gasteiger partial charge < -0.3 is 10.4 Å². The number of rotatable bonds is 3. The van der Waals surface area contributed by atoms with Gasteiger partial charge in [0.1, 0.15) is 0 Å². The molecule has 0 bridgehead atoms. The summed E-state index contributed by atoms with van der Waals surface area (Å²) in [6.45, 7) is 0. The third-order valence-electron chi connectivity index (χ3n) is 4.86. The van der Waals surface area contributed by atoms with Crippen molar-refractivity contribution < 1.29 is 14.7 Å². The Morgan fingerprint density at radius 2 is 2.05 bits per heavy atom. The minimum absolute atomic E-state index is 0.0232. The summed E-state index contributed by atoms with van der Waals surface area (Å²) in [5.74, 6) is -1.87. The lowest BCUT2D eigenvalue weighted by atomic mass is 9.90. The maximum Gasteiger partial charge on any atom is 0.307 e. The fourth-order valence-electron chi connectivity index (χ4n) is 3.70. The smallest absolute Gasteiger partial charge is 0.307 e. The van der Waals surface area contributed by atoms with Crippen molar-refractivity contribution in [2.24, 2.45) is 18.9 Å². The number of carboxylic acids is 1. The van der Waals surface area contributed by atoms with Crippen LogP contribution in [0, 0.1) is 11.8 Å². The maximum absolute atomic E-state index is 12.4. The summed E-state index contributed by atoms with van der Waals surface area (Å²) < 4.78 is 1.86. The lowest BCUT2D eigenvalue weighted by Crippen LogP contribution is -2.38. The first-order valence-corrected chi connectivity index (χ1v) is 7.62. The molecule has 0 radical (unpaired) electrons. The van der Waals surface area contributed by atoms with E-state index in [4.69, 9.17) is 0 Å². The van der Waals surface area contributed by atoms with E-state index >= 15 is 0 Å². The van der Waals surface area contributed by atoms with E-state index in [-0.39, 0.29) is 17.9 Å². The molecule has 1 aromatic rings. The fraction of sp³-hybridized carbons (Fsp3) is 0.667.